The lowest BCUT2D eigenvalue weighted by Crippen LogP contribution is -2.23. The van der Waals surface area contributed by atoms with Crippen LogP contribution in [0.1, 0.15) is 51.5 Å². The summed E-state index contributed by atoms with van der Waals surface area (Å²) in [5.41, 5.74) is 2.57. The first-order valence-corrected chi connectivity index (χ1v) is 10.2. The van der Waals surface area contributed by atoms with Gasteiger partial charge in [-0.15, -0.1) is 0 Å². The van der Waals surface area contributed by atoms with Gasteiger partial charge in [-0.3, -0.25) is 9.59 Å². The van der Waals surface area contributed by atoms with Crippen molar-refractivity contribution < 1.29 is 18.7 Å². The molecule has 1 aromatic heterocycles. The molecule has 0 bridgehead atoms. The second-order valence-corrected chi connectivity index (χ2v) is 7.95. The fourth-order valence-electron chi connectivity index (χ4n) is 4.40. The third kappa shape index (κ3) is 3.58. The fourth-order valence-corrected chi connectivity index (χ4v) is 4.40. The summed E-state index contributed by atoms with van der Waals surface area (Å²) >= 11 is 0. The molecule has 3 aromatic rings. The fraction of sp³-hybridized carbons (Fsp3) is 0.333. The van der Waals surface area contributed by atoms with E-state index >= 15 is 0 Å². The van der Waals surface area contributed by atoms with Crippen LogP contribution in [0.4, 0.5) is 0 Å². The second-order valence-electron chi connectivity index (χ2n) is 7.95. The molecule has 0 radical (unpaired) electrons. The van der Waals surface area contributed by atoms with Crippen molar-refractivity contribution in [1.29, 1.82) is 0 Å². The van der Waals surface area contributed by atoms with Gasteiger partial charge in [0.05, 0.1) is 24.7 Å². The number of likely N-dealkylation sites (tertiary alicyclic amines) is 1. The zero-order valence-electron chi connectivity index (χ0n) is 16.2. The number of ketones is 2. The van der Waals surface area contributed by atoms with Crippen molar-refractivity contribution in [2.24, 2.45) is 0 Å². The van der Waals surface area contributed by atoms with Crippen molar-refractivity contribution in [2.75, 3.05) is 26.2 Å². The van der Waals surface area contributed by atoms with E-state index in [1.165, 1.54) is 5.56 Å². The maximum Gasteiger partial charge on any atom is 0.170 e. The van der Waals surface area contributed by atoms with Gasteiger partial charge in [0.15, 0.2) is 11.6 Å². The highest BCUT2D eigenvalue weighted by molar-refractivity contribution is 6.05. The van der Waals surface area contributed by atoms with Gasteiger partial charge < -0.3 is 14.1 Å². The second kappa shape index (κ2) is 7.48. The lowest BCUT2D eigenvalue weighted by Gasteiger charge is -2.17. The summed E-state index contributed by atoms with van der Waals surface area (Å²) in [4.78, 5) is 27.3. The van der Waals surface area contributed by atoms with Crippen LogP contribution < -0.4 is 4.74 Å². The van der Waals surface area contributed by atoms with Crippen LogP contribution in [0.15, 0.2) is 53.3 Å². The maximum absolute atomic E-state index is 12.8. The van der Waals surface area contributed by atoms with Gasteiger partial charge in [-0.05, 0) is 53.6 Å². The van der Waals surface area contributed by atoms with E-state index in [1.807, 2.05) is 42.7 Å². The van der Waals surface area contributed by atoms with Gasteiger partial charge in [-0.25, -0.2) is 0 Å². The van der Waals surface area contributed by atoms with Crippen LogP contribution in [0.5, 0.6) is 5.75 Å². The van der Waals surface area contributed by atoms with Crippen molar-refractivity contribution >= 4 is 22.3 Å². The average Bonchev–Trinajstić information content (AvgIpc) is 3.42. The molecule has 2 aliphatic rings. The van der Waals surface area contributed by atoms with Gasteiger partial charge in [0.1, 0.15) is 5.75 Å². The molecule has 5 rings (SSSR count). The van der Waals surface area contributed by atoms with Crippen molar-refractivity contribution in [3.63, 3.8) is 0 Å². The molecule has 0 aliphatic carbocycles. The van der Waals surface area contributed by atoms with E-state index in [0.29, 0.717) is 42.2 Å². The summed E-state index contributed by atoms with van der Waals surface area (Å²) in [6.07, 6.45) is 5.55. The molecule has 0 N–H and O–H groups in total. The molecular weight excluding hydrogens is 366 g/mol. The molecule has 2 aliphatic heterocycles. The molecule has 0 amide bonds. The van der Waals surface area contributed by atoms with E-state index in [2.05, 4.69) is 4.90 Å². The van der Waals surface area contributed by atoms with E-state index in [4.69, 9.17) is 9.15 Å². The normalized spacial score (nSPS) is 19.3. The van der Waals surface area contributed by atoms with Crippen molar-refractivity contribution in [3.05, 3.63) is 65.6 Å². The van der Waals surface area contributed by atoms with Gasteiger partial charge in [0.2, 0.25) is 0 Å². The Kier molecular flexibility index (Phi) is 4.68. The molecule has 3 heterocycles. The Labute approximate surface area is 169 Å². The standard InChI is InChI=1S/C24H23NO4/c26-22(4-8-25-7-3-18(14-25)19-5-9-28-15-19)17-2-1-16-13-24-21(12-20(16)11-17)23(27)6-10-29-24/h1-2,5,9,11-13,15,18H,3-4,6-8,10,14H2. The van der Waals surface area contributed by atoms with Crippen molar-refractivity contribution in [3.8, 4) is 5.75 Å². The summed E-state index contributed by atoms with van der Waals surface area (Å²) in [5, 5.41) is 1.90. The van der Waals surface area contributed by atoms with E-state index < -0.39 is 0 Å². The number of nitrogens with zero attached hydrogens (tertiary/aromatic N) is 1. The Balaban J connectivity index is 1.27. The molecule has 1 fully saturated rings. The van der Waals surface area contributed by atoms with Gasteiger partial charge in [-0.2, -0.15) is 0 Å². The Morgan fingerprint density at radius 2 is 2.07 bits per heavy atom. The first-order chi connectivity index (χ1) is 14.2. The summed E-state index contributed by atoms with van der Waals surface area (Å²) < 4.78 is 10.8. The largest absolute Gasteiger partial charge is 0.492 e. The van der Waals surface area contributed by atoms with Crippen LogP contribution in [-0.2, 0) is 0 Å². The van der Waals surface area contributed by atoms with Crippen LogP contribution >= 0.6 is 0 Å². The number of hydrogen-bond donors (Lipinski definition) is 0. The molecular formula is C24H23NO4. The molecule has 0 saturated carbocycles. The summed E-state index contributed by atoms with van der Waals surface area (Å²) in [7, 11) is 0. The highest BCUT2D eigenvalue weighted by Gasteiger charge is 2.25. The van der Waals surface area contributed by atoms with Crippen LogP contribution in [-0.4, -0.2) is 42.7 Å². The van der Waals surface area contributed by atoms with Gasteiger partial charge in [0, 0.05) is 37.4 Å². The molecule has 1 atom stereocenters. The summed E-state index contributed by atoms with van der Waals surface area (Å²) in [6, 6.07) is 11.5. The molecule has 5 heteroatoms. The van der Waals surface area contributed by atoms with Crippen molar-refractivity contribution in [2.45, 2.75) is 25.2 Å². The highest BCUT2D eigenvalue weighted by atomic mass is 16.5. The number of Topliss-reactive ketones (excluding diaryl/α,β-unsaturated/α-hetero) is 2. The molecule has 1 unspecified atom stereocenters. The number of furan rings is 1. The summed E-state index contributed by atoms with van der Waals surface area (Å²) in [6.45, 7) is 3.18. The molecule has 0 spiro atoms. The monoisotopic (exact) mass is 389 g/mol. The smallest absolute Gasteiger partial charge is 0.170 e. The minimum atomic E-state index is 0.103. The Bertz CT molecular complexity index is 1070. The predicted octanol–water partition coefficient (Wildman–Crippen LogP) is 4.46. The SMILES string of the molecule is O=C(CCN1CCC(c2ccoc2)C1)c1ccc2cc3c(cc2c1)C(=O)CCO3. The average molecular weight is 389 g/mol. The van der Waals surface area contributed by atoms with Crippen LogP contribution in [0.3, 0.4) is 0 Å². The van der Waals surface area contributed by atoms with Crippen LogP contribution in [0, 0.1) is 0 Å². The molecule has 2 aromatic carbocycles. The molecule has 1 saturated heterocycles. The maximum atomic E-state index is 12.8. The first kappa shape index (κ1) is 18.1. The van der Waals surface area contributed by atoms with E-state index in [9.17, 15) is 9.59 Å². The Morgan fingerprint density at radius 1 is 1.14 bits per heavy atom. The summed E-state index contributed by atoms with van der Waals surface area (Å²) in [5.74, 6) is 1.38. The van der Waals surface area contributed by atoms with E-state index in [0.717, 1.165) is 36.8 Å². The Morgan fingerprint density at radius 3 is 2.93 bits per heavy atom. The minimum absolute atomic E-state index is 0.103. The molecule has 148 valence electrons. The number of benzene rings is 2. The van der Waals surface area contributed by atoms with E-state index in [-0.39, 0.29) is 11.6 Å². The third-order valence-corrected chi connectivity index (χ3v) is 6.09. The predicted molar refractivity (Wildman–Crippen MR) is 110 cm³/mol. The number of carbonyl (C=O) groups excluding carboxylic acids is 2. The number of ether oxygens (including phenoxy) is 1. The zero-order chi connectivity index (χ0) is 19.8. The number of fused-ring (bicyclic) bond motifs is 2. The van der Waals surface area contributed by atoms with Gasteiger partial charge in [-0.1, -0.05) is 12.1 Å². The molecule has 5 nitrogen and oxygen atoms in total. The van der Waals surface area contributed by atoms with Crippen LogP contribution in [0.25, 0.3) is 10.8 Å². The minimum Gasteiger partial charge on any atom is -0.492 e. The number of carbonyl (C=O) groups is 2. The number of rotatable bonds is 5. The highest BCUT2D eigenvalue weighted by Crippen LogP contribution is 2.31. The lowest BCUT2D eigenvalue weighted by atomic mass is 9.97. The topological polar surface area (TPSA) is 59.8 Å². The van der Waals surface area contributed by atoms with Gasteiger partial charge >= 0.3 is 0 Å². The van der Waals surface area contributed by atoms with Crippen LogP contribution in [0.2, 0.25) is 0 Å². The molecule has 29 heavy (non-hydrogen) atoms. The quantitative estimate of drug-likeness (QED) is 0.603. The lowest BCUT2D eigenvalue weighted by molar-refractivity contribution is 0.0932. The van der Waals surface area contributed by atoms with Gasteiger partial charge in [0.25, 0.3) is 0 Å². The van der Waals surface area contributed by atoms with Crippen molar-refractivity contribution in [1.82, 2.24) is 4.90 Å². The first-order valence-electron chi connectivity index (χ1n) is 10.2. The Hall–Kier alpha value is -2.92. The van der Waals surface area contributed by atoms with E-state index in [1.54, 1.807) is 6.26 Å². The number of hydrogen-bond acceptors (Lipinski definition) is 5. The zero-order valence-corrected chi connectivity index (χ0v) is 16.2. The third-order valence-electron chi connectivity index (χ3n) is 6.09.